The Morgan fingerprint density at radius 2 is 0.759 bits per heavy atom. The molecule has 0 amide bonds. The van der Waals surface area contributed by atoms with Crippen molar-refractivity contribution in [3.05, 3.63) is 24.3 Å². The Balaban J connectivity index is 0. The summed E-state index contributed by atoms with van der Waals surface area (Å²) in [5.74, 6) is -0.605. The second-order valence-corrected chi connectivity index (χ2v) is 15.1. The van der Waals surface area contributed by atoms with E-state index in [2.05, 4.69) is 38.2 Å². The molecule has 0 bridgehead atoms. The second-order valence-electron chi connectivity index (χ2n) is 15.1. The van der Waals surface area contributed by atoms with Crippen LogP contribution in [0.2, 0.25) is 0 Å². The molecule has 0 saturated carbocycles. The highest BCUT2D eigenvalue weighted by atomic mass is 16.6. The molecular weight excluding hydrogens is 680 g/mol. The number of esters is 2. The van der Waals surface area contributed by atoms with Crippen LogP contribution in [0.5, 0.6) is 0 Å². The molecule has 0 aromatic rings. The first-order valence-electron chi connectivity index (χ1n) is 22.6. The maximum atomic E-state index is 11.5. The highest BCUT2D eigenvalue weighted by Gasteiger charge is 2.11. The van der Waals surface area contributed by atoms with E-state index >= 15 is 0 Å². The second kappa shape index (κ2) is 47.4. The van der Waals surface area contributed by atoms with Crippen molar-refractivity contribution in [2.24, 2.45) is 0 Å². The predicted molar refractivity (Wildman–Crippen MR) is 225 cm³/mol. The lowest BCUT2D eigenvalue weighted by molar-refractivity contribution is -0.153. The van der Waals surface area contributed by atoms with Gasteiger partial charge in [-0.1, -0.05) is 167 Å². The number of rotatable bonds is 40. The summed E-state index contributed by atoms with van der Waals surface area (Å²) in [6.45, 7) is 3.40. The third-order valence-electron chi connectivity index (χ3n) is 9.64. The Labute approximate surface area is 333 Å². The van der Waals surface area contributed by atoms with Crippen molar-refractivity contribution in [2.75, 3.05) is 26.4 Å². The Kier molecular flexibility index (Phi) is 47.7. The zero-order valence-electron chi connectivity index (χ0n) is 35.3. The van der Waals surface area contributed by atoms with E-state index in [-0.39, 0.29) is 38.4 Å². The SMILES string of the molecule is CCCCCCCC/C=C\CCCCCCCCCC(=O)OC(CO)CO.CCCCCCCC/C=C\CCCCCCCCCC(=O)OCC(O)CO. The molecule has 0 aliphatic carbocycles. The van der Waals surface area contributed by atoms with E-state index in [0.29, 0.717) is 12.8 Å². The molecule has 1 unspecified atom stereocenters. The van der Waals surface area contributed by atoms with Crippen molar-refractivity contribution in [3.8, 4) is 0 Å². The van der Waals surface area contributed by atoms with E-state index in [0.717, 1.165) is 32.1 Å². The minimum atomic E-state index is -0.959. The monoisotopic (exact) mass is 769 g/mol. The number of aliphatic hydroxyl groups excluding tert-OH is 4. The van der Waals surface area contributed by atoms with Crippen LogP contribution in [0.15, 0.2) is 24.3 Å². The van der Waals surface area contributed by atoms with Gasteiger partial charge in [-0.15, -0.1) is 0 Å². The van der Waals surface area contributed by atoms with Gasteiger partial charge in [-0.25, -0.2) is 0 Å². The lowest BCUT2D eigenvalue weighted by Gasteiger charge is -2.12. The van der Waals surface area contributed by atoms with Gasteiger partial charge in [-0.2, -0.15) is 0 Å². The number of ether oxygens (including phenoxy) is 2. The molecule has 0 aliphatic rings. The molecule has 0 heterocycles. The van der Waals surface area contributed by atoms with E-state index in [9.17, 15) is 9.59 Å². The van der Waals surface area contributed by atoms with E-state index in [1.54, 1.807) is 0 Å². The summed E-state index contributed by atoms with van der Waals surface area (Å²) in [6.07, 6.45) is 46.1. The van der Waals surface area contributed by atoms with Crippen molar-refractivity contribution in [1.29, 1.82) is 0 Å². The van der Waals surface area contributed by atoms with Gasteiger partial charge in [0.05, 0.1) is 19.8 Å². The molecular formula is C46H88O8. The summed E-state index contributed by atoms with van der Waals surface area (Å²) < 4.78 is 9.80. The van der Waals surface area contributed by atoms with Gasteiger partial charge in [0.2, 0.25) is 0 Å². The molecule has 0 spiro atoms. The molecule has 54 heavy (non-hydrogen) atoms. The van der Waals surface area contributed by atoms with E-state index in [4.69, 9.17) is 29.9 Å². The summed E-state index contributed by atoms with van der Waals surface area (Å²) in [6, 6.07) is 0. The first kappa shape index (κ1) is 54.4. The molecule has 0 aliphatic heterocycles. The van der Waals surface area contributed by atoms with Gasteiger partial charge in [0.15, 0.2) is 0 Å². The largest absolute Gasteiger partial charge is 0.463 e. The van der Waals surface area contributed by atoms with Crippen LogP contribution in [-0.2, 0) is 19.1 Å². The fourth-order valence-corrected chi connectivity index (χ4v) is 6.08. The zero-order valence-corrected chi connectivity index (χ0v) is 35.3. The van der Waals surface area contributed by atoms with Gasteiger partial charge < -0.3 is 29.9 Å². The number of allylic oxidation sites excluding steroid dienone is 4. The molecule has 0 radical (unpaired) electrons. The lowest BCUT2D eigenvalue weighted by Crippen LogP contribution is -2.25. The fourth-order valence-electron chi connectivity index (χ4n) is 6.08. The normalized spacial score (nSPS) is 12.1. The number of unbranched alkanes of at least 4 members (excludes halogenated alkanes) is 26. The van der Waals surface area contributed by atoms with Crippen LogP contribution < -0.4 is 0 Å². The van der Waals surface area contributed by atoms with Gasteiger partial charge in [0, 0.05) is 12.8 Å². The van der Waals surface area contributed by atoms with Crippen LogP contribution in [0, 0.1) is 0 Å². The summed E-state index contributed by atoms with van der Waals surface area (Å²) in [4.78, 5) is 22.9. The molecule has 8 heteroatoms. The van der Waals surface area contributed by atoms with Gasteiger partial charge >= 0.3 is 11.9 Å². The third-order valence-corrected chi connectivity index (χ3v) is 9.64. The van der Waals surface area contributed by atoms with Crippen molar-refractivity contribution >= 4 is 11.9 Å². The Morgan fingerprint density at radius 1 is 0.444 bits per heavy atom. The maximum Gasteiger partial charge on any atom is 0.306 e. The molecule has 0 fully saturated rings. The quantitative estimate of drug-likeness (QED) is 0.0275. The van der Waals surface area contributed by atoms with Crippen molar-refractivity contribution in [1.82, 2.24) is 0 Å². The number of hydrogen-bond donors (Lipinski definition) is 4. The van der Waals surface area contributed by atoms with Crippen LogP contribution in [0.3, 0.4) is 0 Å². The Hall–Kier alpha value is -1.74. The van der Waals surface area contributed by atoms with Crippen molar-refractivity contribution < 1.29 is 39.5 Å². The van der Waals surface area contributed by atoms with Crippen LogP contribution in [0.25, 0.3) is 0 Å². The average Bonchev–Trinajstić information content (AvgIpc) is 3.18. The van der Waals surface area contributed by atoms with E-state index < -0.39 is 12.2 Å². The summed E-state index contributed by atoms with van der Waals surface area (Å²) in [5, 5.41) is 35.4. The van der Waals surface area contributed by atoms with Crippen LogP contribution in [0.1, 0.15) is 219 Å². The van der Waals surface area contributed by atoms with Crippen molar-refractivity contribution in [3.63, 3.8) is 0 Å². The molecule has 0 saturated heterocycles. The maximum absolute atomic E-state index is 11.5. The van der Waals surface area contributed by atoms with Crippen LogP contribution in [-0.4, -0.2) is 71.0 Å². The molecule has 1 atom stereocenters. The molecule has 0 aromatic heterocycles. The van der Waals surface area contributed by atoms with E-state index in [1.165, 1.54) is 161 Å². The van der Waals surface area contributed by atoms with E-state index in [1.807, 2.05) is 0 Å². The number of hydrogen-bond acceptors (Lipinski definition) is 8. The standard InChI is InChI=1S/2C23H44O4/c1-2-3-4-5-6-7-8-9-10-11-12-13-14-15-16-17-18-19-23(26)27-21-22(25)20-24;1-2-3-4-5-6-7-8-9-10-11-12-13-14-15-16-17-18-19-23(26)27-22(20-24)21-25/h2*9-10,22,24-25H,2-8,11-21H2,1H3/b2*10-9-. The van der Waals surface area contributed by atoms with Crippen LogP contribution in [0.4, 0.5) is 0 Å². The summed E-state index contributed by atoms with van der Waals surface area (Å²) in [5.41, 5.74) is 0. The molecule has 8 nitrogen and oxygen atoms in total. The summed E-state index contributed by atoms with van der Waals surface area (Å²) in [7, 11) is 0. The number of carbonyl (C=O) groups is 2. The summed E-state index contributed by atoms with van der Waals surface area (Å²) >= 11 is 0. The van der Waals surface area contributed by atoms with Gasteiger partial charge in [-0.3, -0.25) is 9.59 Å². The number of aliphatic hydroxyl groups is 4. The molecule has 0 rings (SSSR count). The smallest absolute Gasteiger partial charge is 0.306 e. The first-order valence-corrected chi connectivity index (χ1v) is 22.6. The molecule has 4 N–H and O–H groups in total. The van der Waals surface area contributed by atoms with Gasteiger partial charge in [-0.05, 0) is 64.2 Å². The number of carbonyl (C=O) groups excluding carboxylic acids is 2. The highest BCUT2D eigenvalue weighted by Crippen LogP contribution is 2.13. The third kappa shape index (κ3) is 46.4. The molecule has 0 aromatic carbocycles. The van der Waals surface area contributed by atoms with Crippen molar-refractivity contribution in [2.45, 2.75) is 232 Å². The highest BCUT2D eigenvalue weighted by molar-refractivity contribution is 5.69. The average molecular weight is 769 g/mol. The van der Waals surface area contributed by atoms with Gasteiger partial charge in [0.1, 0.15) is 18.8 Å². The Morgan fingerprint density at radius 3 is 1.09 bits per heavy atom. The topological polar surface area (TPSA) is 134 Å². The molecule has 320 valence electrons. The minimum Gasteiger partial charge on any atom is -0.463 e. The van der Waals surface area contributed by atoms with Crippen LogP contribution >= 0.6 is 0 Å². The Bertz CT molecular complexity index is 811. The lowest BCUT2D eigenvalue weighted by atomic mass is 10.1. The first-order chi connectivity index (χ1) is 26.4. The zero-order chi connectivity index (χ0) is 40.0. The van der Waals surface area contributed by atoms with Gasteiger partial charge in [0.25, 0.3) is 0 Å². The minimum absolute atomic E-state index is 0.108. The predicted octanol–water partition coefficient (Wildman–Crippen LogP) is 11.4. The fraction of sp³-hybridized carbons (Fsp3) is 0.870.